The van der Waals surface area contributed by atoms with Crippen LogP contribution >= 0.6 is 0 Å². The largest absolute Gasteiger partial charge is 0.493 e. The van der Waals surface area contributed by atoms with Gasteiger partial charge in [0.25, 0.3) is 0 Å². The zero-order valence-corrected chi connectivity index (χ0v) is 15.2. The van der Waals surface area contributed by atoms with E-state index in [4.69, 9.17) is 19.0 Å². The molecule has 144 valence electrons. The normalized spacial score (nSPS) is 17.4. The summed E-state index contributed by atoms with van der Waals surface area (Å²) >= 11 is 0. The number of rotatable bonds is 7. The standard InChI is InChI=1S/C19H22N2O6/c1-12-18(22)20-7-8-21(12)10-13-3-5-15(17(9-13)25-2)26-11-14-4-6-16(27-14)19(23)24/h3-6,9,12H,7-8,10-11H2,1-2H3,(H,20,22)(H,23,24)/t12-/m0/s1. The van der Waals surface area contributed by atoms with Gasteiger partial charge in [-0.2, -0.15) is 0 Å². The van der Waals surface area contributed by atoms with E-state index in [0.717, 1.165) is 12.1 Å². The number of carboxylic acids is 1. The quantitative estimate of drug-likeness (QED) is 0.763. The number of ether oxygens (including phenoxy) is 2. The van der Waals surface area contributed by atoms with E-state index >= 15 is 0 Å². The van der Waals surface area contributed by atoms with Crippen LogP contribution in [0.4, 0.5) is 0 Å². The molecule has 27 heavy (non-hydrogen) atoms. The predicted octanol–water partition coefficient (Wildman–Crippen LogP) is 1.89. The molecule has 1 aromatic heterocycles. The van der Waals surface area contributed by atoms with Crippen molar-refractivity contribution in [2.75, 3.05) is 20.2 Å². The fourth-order valence-electron chi connectivity index (χ4n) is 2.93. The minimum absolute atomic E-state index is 0.0346. The van der Waals surface area contributed by atoms with Gasteiger partial charge in [0.1, 0.15) is 12.4 Å². The Kier molecular flexibility index (Phi) is 5.66. The molecule has 2 heterocycles. The highest BCUT2D eigenvalue weighted by molar-refractivity contribution is 5.84. The van der Waals surface area contributed by atoms with Gasteiger partial charge in [-0.25, -0.2) is 4.79 Å². The average molecular weight is 374 g/mol. The molecule has 0 aliphatic carbocycles. The molecule has 0 unspecified atom stereocenters. The third-order valence-electron chi connectivity index (χ3n) is 4.48. The number of benzene rings is 1. The monoisotopic (exact) mass is 374 g/mol. The Labute approximate surface area is 156 Å². The second-order valence-corrected chi connectivity index (χ2v) is 6.28. The van der Waals surface area contributed by atoms with Gasteiger partial charge in [0.2, 0.25) is 11.7 Å². The topological polar surface area (TPSA) is 101 Å². The van der Waals surface area contributed by atoms with E-state index in [9.17, 15) is 9.59 Å². The second-order valence-electron chi connectivity index (χ2n) is 6.28. The van der Waals surface area contributed by atoms with Crippen molar-refractivity contribution >= 4 is 11.9 Å². The van der Waals surface area contributed by atoms with Crippen molar-refractivity contribution in [3.05, 3.63) is 47.4 Å². The van der Waals surface area contributed by atoms with Gasteiger partial charge in [0.15, 0.2) is 11.5 Å². The van der Waals surface area contributed by atoms with Crippen LogP contribution in [0.15, 0.2) is 34.7 Å². The number of aromatic carboxylic acids is 1. The first-order chi connectivity index (χ1) is 13.0. The Bertz CT molecular complexity index is 831. The van der Waals surface area contributed by atoms with Crippen LogP contribution < -0.4 is 14.8 Å². The number of nitrogens with one attached hydrogen (secondary N) is 1. The molecule has 0 saturated carbocycles. The van der Waals surface area contributed by atoms with E-state index in [1.807, 2.05) is 19.1 Å². The fraction of sp³-hybridized carbons (Fsp3) is 0.368. The summed E-state index contributed by atoms with van der Waals surface area (Å²) in [5, 5.41) is 11.7. The van der Waals surface area contributed by atoms with Crippen LogP contribution in [-0.2, 0) is 17.9 Å². The number of carbonyl (C=O) groups is 2. The van der Waals surface area contributed by atoms with Crippen LogP contribution in [0.1, 0.15) is 28.8 Å². The number of amides is 1. The van der Waals surface area contributed by atoms with Gasteiger partial charge in [0.05, 0.1) is 13.2 Å². The third kappa shape index (κ3) is 4.40. The van der Waals surface area contributed by atoms with E-state index in [-0.39, 0.29) is 24.3 Å². The molecular formula is C19H22N2O6. The molecule has 3 rings (SSSR count). The molecule has 1 aliphatic rings. The van der Waals surface area contributed by atoms with Gasteiger partial charge >= 0.3 is 5.97 Å². The first-order valence-electron chi connectivity index (χ1n) is 8.61. The predicted molar refractivity (Wildman–Crippen MR) is 95.9 cm³/mol. The maximum atomic E-state index is 11.8. The molecule has 2 N–H and O–H groups in total. The Morgan fingerprint density at radius 1 is 1.33 bits per heavy atom. The highest BCUT2D eigenvalue weighted by Gasteiger charge is 2.25. The average Bonchev–Trinajstić information content (AvgIpc) is 3.13. The Morgan fingerprint density at radius 2 is 2.15 bits per heavy atom. The van der Waals surface area contributed by atoms with E-state index < -0.39 is 5.97 Å². The molecular weight excluding hydrogens is 352 g/mol. The molecule has 1 atom stereocenters. The molecule has 1 aliphatic heterocycles. The van der Waals surface area contributed by atoms with Gasteiger partial charge in [-0.3, -0.25) is 9.69 Å². The van der Waals surface area contributed by atoms with Crippen molar-refractivity contribution in [2.24, 2.45) is 0 Å². The first kappa shape index (κ1) is 18.8. The number of furan rings is 1. The highest BCUT2D eigenvalue weighted by atomic mass is 16.5. The summed E-state index contributed by atoms with van der Waals surface area (Å²) in [5.41, 5.74) is 1.01. The summed E-state index contributed by atoms with van der Waals surface area (Å²) in [5.74, 6) is 0.282. The number of hydrogen-bond donors (Lipinski definition) is 2. The van der Waals surface area contributed by atoms with Crippen molar-refractivity contribution in [1.29, 1.82) is 0 Å². The second kappa shape index (κ2) is 8.13. The van der Waals surface area contributed by atoms with Gasteiger partial charge in [-0.05, 0) is 36.8 Å². The molecule has 1 saturated heterocycles. The summed E-state index contributed by atoms with van der Waals surface area (Å²) in [4.78, 5) is 24.7. The fourth-order valence-corrected chi connectivity index (χ4v) is 2.93. The van der Waals surface area contributed by atoms with Crippen LogP contribution in [0.2, 0.25) is 0 Å². The maximum Gasteiger partial charge on any atom is 0.371 e. The molecule has 0 radical (unpaired) electrons. The molecule has 2 aromatic rings. The van der Waals surface area contributed by atoms with E-state index in [0.29, 0.717) is 30.3 Å². The molecule has 0 bridgehead atoms. The van der Waals surface area contributed by atoms with Crippen LogP contribution in [0.5, 0.6) is 11.5 Å². The van der Waals surface area contributed by atoms with Crippen LogP contribution in [0.3, 0.4) is 0 Å². The van der Waals surface area contributed by atoms with Gasteiger partial charge in [-0.1, -0.05) is 6.07 Å². The van der Waals surface area contributed by atoms with Crippen molar-refractivity contribution in [2.45, 2.75) is 26.1 Å². The van der Waals surface area contributed by atoms with E-state index in [1.54, 1.807) is 19.2 Å². The number of carboxylic acid groups (broad SMARTS) is 1. The van der Waals surface area contributed by atoms with Crippen molar-refractivity contribution < 1.29 is 28.6 Å². The lowest BCUT2D eigenvalue weighted by Crippen LogP contribution is -2.53. The lowest BCUT2D eigenvalue weighted by molar-refractivity contribution is -0.128. The van der Waals surface area contributed by atoms with Crippen molar-refractivity contribution in [1.82, 2.24) is 10.2 Å². The molecule has 1 aromatic carbocycles. The van der Waals surface area contributed by atoms with Crippen LogP contribution in [0.25, 0.3) is 0 Å². The smallest absolute Gasteiger partial charge is 0.371 e. The molecule has 8 nitrogen and oxygen atoms in total. The van der Waals surface area contributed by atoms with Gasteiger partial charge < -0.3 is 24.3 Å². The number of hydrogen-bond acceptors (Lipinski definition) is 6. The molecule has 1 amide bonds. The SMILES string of the molecule is COc1cc(CN2CCNC(=O)[C@@H]2C)ccc1OCc1ccc(C(=O)O)o1. The first-order valence-corrected chi connectivity index (χ1v) is 8.61. The van der Waals surface area contributed by atoms with Gasteiger partial charge in [0, 0.05) is 19.6 Å². The molecule has 8 heteroatoms. The number of methoxy groups -OCH3 is 1. The van der Waals surface area contributed by atoms with Gasteiger partial charge in [-0.15, -0.1) is 0 Å². The minimum Gasteiger partial charge on any atom is -0.493 e. The Hall–Kier alpha value is -3.00. The zero-order chi connectivity index (χ0) is 19.4. The molecule has 1 fully saturated rings. The van der Waals surface area contributed by atoms with Crippen molar-refractivity contribution in [3.8, 4) is 11.5 Å². The maximum absolute atomic E-state index is 11.8. The van der Waals surface area contributed by atoms with Crippen molar-refractivity contribution in [3.63, 3.8) is 0 Å². The lowest BCUT2D eigenvalue weighted by atomic mass is 10.1. The number of carbonyl (C=O) groups excluding carboxylic acids is 1. The highest BCUT2D eigenvalue weighted by Crippen LogP contribution is 2.30. The summed E-state index contributed by atoms with van der Waals surface area (Å²) in [6.45, 7) is 4.04. The summed E-state index contributed by atoms with van der Waals surface area (Å²) in [6.07, 6.45) is 0. The third-order valence-corrected chi connectivity index (χ3v) is 4.48. The van der Waals surface area contributed by atoms with Crippen LogP contribution in [-0.4, -0.2) is 48.1 Å². The number of nitrogens with zero attached hydrogens (tertiary/aromatic N) is 1. The Morgan fingerprint density at radius 3 is 2.85 bits per heavy atom. The summed E-state index contributed by atoms with van der Waals surface area (Å²) < 4.78 is 16.3. The zero-order valence-electron chi connectivity index (χ0n) is 15.2. The lowest BCUT2D eigenvalue weighted by Gasteiger charge is -2.32. The van der Waals surface area contributed by atoms with E-state index in [2.05, 4.69) is 10.2 Å². The van der Waals surface area contributed by atoms with Crippen LogP contribution in [0, 0.1) is 0 Å². The minimum atomic E-state index is -1.12. The molecule has 0 spiro atoms. The van der Waals surface area contributed by atoms with E-state index in [1.165, 1.54) is 6.07 Å². The summed E-state index contributed by atoms with van der Waals surface area (Å²) in [6, 6.07) is 8.36. The Balaban J connectivity index is 1.66. The number of piperazine rings is 1. The summed E-state index contributed by atoms with van der Waals surface area (Å²) in [7, 11) is 1.55.